The highest BCUT2D eigenvalue weighted by Gasteiger charge is 2.35. The molecule has 5 nitrogen and oxygen atoms in total. The summed E-state index contributed by atoms with van der Waals surface area (Å²) in [6.07, 6.45) is -3.80. The number of thiophene rings is 1. The maximum absolute atomic E-state index is 12.5. The quantitative estimate of drug-likeness (QED) is 0.665. The molecule has 0 saturated carbocycles. The van der Waals surface area contributed by atoms with Crippen LogP contribution in [0.3, 0.4) is 0 Å². The van der Waals surface area contributed by atoms with Crippen LogP contribution in [0.25, 0.3) is 10.6 Å². The molecule has 22 heavy (non-hydrogen) atoms. The predicted molar refractivity (Wildman–Crippen MR) is 77.4 cm³/mol. The average molecular weight is 335 g/mol. The molecule has 2 heterocycles. The molecule has 0 unspecified atom stereocenters. The van der Waals surface area contributed by atoms with Crippen molar-refractivity contribution >= 4 is 17.7 Å². The Balaban J connectivity index is 0.000000346. The van der Waals surface area contributed by atoms with E-state index in [1.807, 2.05) is 13.0 Å². The lowest BCUT2D eigenvalue weighted by Gasteiger charge is -2.04. The maximum Gasteiger partial charge on any atom is 0.433 e. The number of rotatable bonds is 4. The lowest BCUT2D eigenvalue weighted by atomic mass is 10.3. The van der Waals surface area contributed by atoms with E-state index in [0.717, 1.165) is 20.5 Å². The standard InChI is InChI=1S/C10H9F3N2S.C3H7NO2/c1-6-3-4-8(16-6)7-5-9(10(11,12)13)15(2)14-7;5-2-1-4-3-6/h3-5H,1-2H3;3,5H,1-2H2,(H,4,6). The van der Waals surface area contributed by atoms with Gasteiger partial charge in [0.15, 0.2) is 0 Å². The largest absolute Gasteiger partial charge is 0.433 e. The van der Waals surface area contributed by atoms with Gasteiger partial charge >= 0.3 is 6.18 Å². The van der Waals surface area contributed by atoms with Crippen molar-refractivity contribution in [1.82, 2.24) is 15.1 Å². The van der Waals surface area contributed by atoms with Crippen molar-refractivity contribution in [2.24, 2.45) is 7.05 Å². The zero-order chi connectivity index (χ0) is 16.8. The molecule has 0 saturated heterocycles. The van der Waals surface area contributed by atoms with E-state index >= 15 is 0 Å². The van der Waals surface area contributed by atoms with Crippen LogP contribution in [0, 0.1) is 6.92 Å². The van der Waals surface area contributed by atoms with E-state index in [1.54, 1.807) is 6.07 Å². The van der Waals surface area contributed by atoms with Gasteiger partial charge in [0.05, 0.1) is 11.5 Å². The Morgan fingerprint density at radius 3 is 2.50 bits per heavy atom. The van der Waals surface area contributed by atoms with Crippen LogP contribution in [0.4, 0.5) is 13.2 Å². The van der Waals surface area contributed by atoms with Crippen molar-refractivity contribution in [3.63, 3.8) is 0 Å². The number of amides is 1. The van der Waals surface area contributed by atoms with Crippen molar-refractivity contribution < 1.29 is 23.1 Å². The topological polar surface area (TPSA) is 67.2 Å². The van der Waals surface area contributed by atoms with Crippen LogP contribution >= 0.6 is 11.3 Å². The molecule has 122 valence electrons. The number of aromatic nitrogens is 2. The lowest BCUT2D eigenvalue weighted by molar-refractivity contribution is -0.143. The maximum atomic E-state index is 12.5. The fourth-order valence-electron chi connectivity index (χ4n) is 1.55. The summed E-state index contributed by atoms with van der Waals surface area (Å²) >= 11 is 1.43. The number of carbonyl (C=O) groups excluding carboxylic acids is 1. The molecule has 2 aromatic rings. The molecule has 0 bridgehead atoms. The molecule has 1 amide bonds. The first-order valence-corrected chi connectivity index (χ1v) is 7.07. The molecule has 0 aliphatic heterocycles. The first kappa shape index (κ1) is 18.2. The minimum Gasteiger partial charge on any atom is -0.395 e. The lowest BCUT2D eigenvalue weighted by Crippen LogP contribution is -2.14. The number of aliphatic hydroxyl groups is 1. The second kappa shape index (κ2) is 7.95. The van der Waals surface area contributed by atoms with Gasteiger partial charge in [-0.1, -0.05) is 0 Å². The second-order valence-corrected chi connectivity index (χ2v) is 5.53. The highest BCUT2D eigenvalue weighted by molar-refractivity contribution is 7.15. The molecule has 0 radical (unpaired) electrons. The second-order valence-electron chi connectivity index (χ2n) is 4.24. The van der Waals surface area contributed by atoms with E-state index in [2.05, 4.69) is 10.4 Å². The summed E-state index contributed by atoms with van der Waals surface area (Å²) in [5.41, 5.74) is -0.360. The van der Waals surface area contributed by atoms with Gasteiger partial charge in [-0.15, -0.1) is 11.3 Å². The number of aliphatic hydroxyl groups excluding tert-OH is 1. The van der Waals surface area contributed by atoms with Gasteiger partial charge in [-0.2, -0.15) is 18.3 Å². The first-order chi connectivity index (χ1) is 10.3. The summed E-state index contributed by atoms with van der Waals surface area (Å²) in [5.74, 6) is 0. The van der Waals surface area contributed by atoms with Gasteiger partial charge in [0, 0.05) is 18.5 Å². The van der Waals surface area contributed by atoms with E-state index in [9.17, 15) is 18.0 Å². The zero-order valence-corrected chi connectivity index (χ0v) is 12.8. The Bertz CT molecular complexity index is 608. The van der Waals surface area contributed by atoms with Crippen LogP contribution in [-0.4, -0.2) is 34.4 Å². The number of alkyl halides is 3. The molecular formula is C13H16F3N3O2S. The summed E-state index contributed by atoms with van der Waals surface area (Å²) in [7, 11) is 1.30. The van der Waals surface area contributed by atoms with Gasteiger partial charge in [-0.25, -0.2) is 0 Å². The van der Waals surface area contributed by atoms with Crippen molar-refractivity contribution in [3.8, 4) is 10.6 Å². The smallest absolute Gasteiger partial charge is 0.395 e. The molecule has 0 aromatic carbocycles. The van der Waals surface area contributed by atoms with E-state index in [1.165, 1.54) is 18.4 Å². The van der Waals surface area contributed by atoms with E-state index in [4.69, 9.17) is 5.11 Å². The minimum atomic E-state index is -4.35. The number of halogens is 3. The number of hydrogen-bond donors (Lipinski definition) is 2. The number of carbonyl (C=O) groups is 1. The van der Waals surface area contributed by atoms with Crippen LogP contribution < -0.4 is 5.32 Å². The molecular weight excluding hydrogens is 319 g/mol. The van der Waals surface area contributed by atoms with Crippen LogP contribution in [0.2, 0.25) is 0 Å². The van der Waals surface area contributed by atoms with Crippen molar-refractivity contribution in [2.75, 3.05) is 13.2 Å². The molecule has 0 fully saturated rings. The monoisotopic (exact) mass is 335 g/mol. The van der Waals surface area contributed by atoms with Gasteiger partial charge in [-0.3, -0.25) is 9.48 Å². The molecule has 0 atom stereocenters. The van der Waals surface area contributed by atoms with Crippen molar-refractivity contribution in [2.45, 2.75) is 13.1 Å². The number of nitrogens with one attached hydrogen (secondary N) is 1. The zero-order valence-electron chi connectivity index (χ0n) is 12.0. The first-order valence-electron chi connectivity index (χ1n) is 6.25. The summed E-state index contributed by atoms with van der Waals surface area (Å²) in [6, 6.07) is 4.72. The van der Waals surface area contributed by atoms with E-state index in [0.29, 0.717) is 18.6 Å². The third-order valence-electron chi connectivity index (χ3n) is 2.50. The Kier molecular flexibility index (Phi) is 6.57. The summed E-state index contributed by atoms with van der Waals surface area (Å²) in [5, 5.41) is 14.1. The van der Waals surface area contributed by atoms with Crippen LogP contribution in [0.1, 0.15) is 10.6 Å². The summed E-state index contributed by atoms with van der Waals surface area (Å²) in [4.78, 5) is 11.1. The summed E-state index contributed by atoms with van der Waals surface area (Å²) < 4.78 is 38.4. The third kappa shape index (κ3) is 5.15. The molecule has 2 aromatic heterocycles. The molecule has 2 N–H and O–H groups in total. The Labute approximate surface area is 129 Å². The molecule has 0 spiro atoms. The third-order valence-corrected chi connectivity index (χ3v) is 3.53. The summed E-state index contributed by atoms with van der Waals surface area (Å²) in [6.45, 7) is 2.27. The van der Waals surface area contributed by atoms with Crippen LogP contribution in [0.5, 0.6) is 0 Å². The fraction of sp³-hybridized carbons (Fsp3) is 0.385. The SMILES string of the molecule is Cc1ccc(-c2cc(C(F)(F)F)n(C)n2)s1.O=CNCCO. The highest BCUT2D eigenvalue weighted by atomic mass is 32.1. The molecule has 2 rings (SSSR count). The minimum absolute atomic E-state index is 0.0126. The Morgan fingerprint density at radius 2 is 2.14 bits per heavy atom. The van der Waals surface area contributed by atoms with Gasteiger partial charge < -0.3 is 10.4 Å². The van der Waals surface area contributed by atoms with Crippen LogP contribution in [0.15, 0.2) is 18.2 Å². The predicted octanol–water partition coefficient (Wildman–Crippen LogP) is 2.20. The highest BCUT2D eigenvalue weighted by Crippen LogP contribution is 2.33. The van der Waals surface area contributed by atoms with E-state index < -0.39 is 11.9 Å². The van der Waals surface area contributed by atoms with Crippen molar-refractivity contribution in [1.29, 1.82) is 0 Å². The Morgan fingerprint density at radius 1 is 1.45 bits per heavy atom. The Hall–Kier alpha value is -1.87. The molecule has 0 aliphatic carbocycles. The van der Waals surface area contributed by atoms with Crippen molar-refractivity contribution in [3.05, 3.63) is 28.8 Å². The van der Waals surface area contributed by atoms with Gasteiger partial charge in [0.2, 0.25) is 6.41 Å². The van der Waals surface area contributed by atoms with Gasteiger partial charge in [0.25, 0.3) is 0 Å². The molecule has 0 aliphatic rings. The number of nitrogens with zero attached hydrogens (tertiary/aromatic N) is 2. The van der Waals surface area contributed by atoms with E-state index in [-0.39, 0.29) is 6.61 Å². The average Bonchev–Trinajstić information content (AvgIpc) is 3.02. The van der Waals surface area contributed by atoms with Gasteiger partial charge in [0.1, 0.15) is 11.4 Å². The fourth-order valence-corrected chi connectivity index (χ4v) is 2.37. The normalized spacial score (nSPS) is 10.8. The number of aryl methyl sites for hydroxylation is 2. The van der Waals surface area contributed by atoms with Gasteiger partial charge in [-0.05, 0) is 25.1 Å². The molecule has 9 heteroatoms. The van der Waals surface area contributed by atoms with Crippen LogP contribution in [-0.2, 0) is 18.0 Å². The number of hydrogen-bond acceptors (Lipinski definition) is 4.